The number of benzene rings is 2. The topological polar surface area (TPSA) is 54.9 Å². The third-order valence-corrected chi connectivity index (χ3v) is 9.77. The maximum absolute atomic E-state index is 13.9. The molecule has 47 heavy (non-hydrogen) atoms. The smallest absolute Gasteiger partial charge is 0.340 e. The van der Waals surface area contributed by atoms with Gasteiger partial charge in [0.1, 0.15) is 0 Å². The van der Waals surface area contributed by atoms with Gasteiger partial charge in [0.15, 0.2) is 6.10 Å². The lowest BCUT2D eigenvalue weighted by Crippen LogP contribution is -2.42. The van der Waals surface area contributed by atoms with Gasteiger partial charge in [-0.1, -0.05) is 55.8 Å². The van der Waals surface area contributed by atoms with Crippen molar-refractivity contribution in [2.45, 2.75) is 119 Å². The highest BCUT2D eigenvalue weighted by Crippen LogP contribution is 2.46. The molecule has 0 radical (unpaired) electrons. The summed E-state index contributed by atoms with van der Waals surface area (Å²) in [4.78, 5) is 24.0. The molecule has 6 nitrogen and oxygen atoms in total. The van der Waals surface area contributed by atoms with Crippen LogP contribution >= 0.6 is 11.6 Å². The molecule has 0 unspecified atom stereocenters. The first-order chi connectivity index (χ1) is 22.0. The minimum Gasteiger partial charge on any atom is -0.461 e. The molecule has 3 aromatic rings. The highest BCUT2D eigenvalue weighted by molar-refractivity contribution is 6.31. The number of rotatable bonds is 8. The van der Waals surface area contributed by atoms with Crippen molar-refractivity contribution in [3.8, 4) is 11.1 Å². The van der Waals surface area contributed by atoms with Crippen LogP contribution in [0.15, 0.2) is 36.4 Å². The van der Waals surface area contributed by atoms with E-state index in [1.807, 2.05) is 53.7 Å². The van der Waals surface area contributed by atoms with Crippen LogP contribution in [-0.4, -0.2) is 47.2 Å². The first kappa shape index (κ1) is 35.4. The quantitative estimate of drug-likeness (QED) is 0.225. The molecule has 0 N–H and O–H groups in total. The summed E-state index contributed by atoms with van der Waals surface area (Å²) >= 11 is 6.60. The Balaban J connectivity index is 1.61. The Morgan fingerprint density at radius 2 is 1.79 bits per heavy atom. The first-order valence-corrected chi connectivity index (χ1v) is 17.6. The number of halogens is 1. The number of hydrogen-bond donors (Lipinski definition) is 0. The van der Waals surface area contributed by atoms with Gasteiger partial charge in [-0.25, -0.2) is 4.79 Å². The average Bonchev–Trinajstić information content (AvgIpc) is 2.96. The Labute approximate surface area is 287 Å². The van der Waals surface area contributed by atoms with E-state index in [1.54, 1.807) is 0 Å². The number of nitrogens with zero attached hydrogens (tertiary/aromatic N) is 3. The fourth-order valence-electron chi connectivity index (χ4n) is 7.31. The lowest BCUT2D eigenvalue weighted by Gasteiger charge is -2.42. The summed E-state index contributed by atoms with van der Waals surface area (Å²) < 4.78 is 12.4. The van der Waals surface area contributed by atoms with Crippen LogP contribution in [0.1, 0.15) is 107 Å². The van der Waals surface area contributed by atoms with Crippen LogP contribution < -0.4 is 4.90 Å². The molecule has 7 heteroatoms. The molecule has 2 aromatic carbocycles. The fourth-order valence-corrected chi connectivity index (χ4v) is 7.59. The van der Waals surface area contributed by atoms with E-state index >= 15 is 0 Å². The van der Waals surface area contributed by atoms with Gasteiger partial charge >= 0.3 is 5.97 Å². The van der Waals surface area contributed by atoms with Gasteiger partial charge in [0, 0.05) is 60.3 Å². The van der Waals surface area contributed by atoms with Crippen molar-refractivity contribution in [1.82, 2.24) is 9.88 Å². The predicted octanol–water partition coefficient (Wildman–Crippen LogP) is 9.32. The molecule has 0 amide bonds. The Hall–Kier alpha value is -2.93. The van der Waals surface area contributed by atoms with Gasteiger partial charge in [0.25, 0.3) is 0 Å². The molecule has 0 aliphatic carbocycles. The fraction of sp³-hybridized carbons (Fsp3) is 0.550. The van der Waals surface area contributed by atoms with Crippen molar-refractivity contribution < 1.29 is 14.3 Å². The number of esters is 1. The molecule has 0 saturated carbocycles. The predicted molar refractivity (Wildman–Crippen MR) is 193 cm³/mol. The van der Waals surface area contributed by atoms with Gasteiger partial charge in [0.05, 0.1) is 17.4 Å². The minimum absolute atomic E-state index is 0.135. The molecule has 1 fully saturated rings. The van der Waals surface area contributed by atoms with Gasteiger partial charge in [-0.15, -0.1) is 0 Å². The molecule has 0 spiro atoms. The molecular weight excluding hydrogens is 606 g/mol. The second kappa shape index (κ2) is 13.9. The number of carbonyl (C=O) groups excluding carboxylic acids is 1. The van der Waals surface area contributed by atoms with Crippen molar-refractivity contribution in [3.63, 3.8) is 0 Å². The number of ether oxygens (including phenoxy) is 2. The number of carbonyl (C=O) groups is 1. The molecular formula is C40H54ClN3O3. The molecule has 2 aliphatic heterocycles. The molecule has 1 aromatic heterocycles. The highest BCUT2D eigenvalue weighted by atomic mass is 35.5. The molecule has 1 saturated heterocycles. The van der Waals surface area contributed by atoms with E-state index in [-0.39, 0.29) is 17.5 Å². The maximum Gasteiger partial charge on any atom is 0.340 e. The van der Waals surface area contributed by atoms with E-state index in [2.05, 4.69) is 61.8 Å². The van der Waals surface area contributed by atoms with Crippen LogP contribution in [0.3, 0.4) is 0 Å². The van der Waals surface area contributed by atoms with E-state index in [0.29, 0.717) is 0 Å². The second-order valence-corrected chi connectivity index (χ2v) is 16.1. The van der Waals surface area contributed by atoms with E-state index in [4.69, 9.17) is 26.1 Å². The number of piperidine rings is 1. The summed E-state index contributed by atoms with van der Waals surface area (Å²) in [6, 6.07) is 13.0. The van der Waals surface area contributed by atoms with Crippen LogP contribution in [0, 0.1) is 26.2 Å². The zero-order chi connectivity index (χ0) is 34.3. The largest absolute Gasteiger partial charge is 0.461 e. The van der Waals surface area contributed by atoms with Crippen molar-refractivity contribution in [1.29, 1.82) is 0 Å². The van der Waals surface area contributed by atoms with E-state index in [0.717, 1.165) is 90.8 Å². The summed E-state index contributed by atoms with van der Waals surface area (Å²) in [6.45, 7) is 25.1. The van der Waals surface area contributed by atoms with Crippen LogP contribution in [0.25, 0.3) is 11.1 Å². The van der Waals surface area contributed by atoms with Crippen LogP contribution in [-0.2, 0) is 33.8 Å². The Bertz CT molecular complexity index is 1600. The molecule has 3 heterocycles. The number of aryl methyl sites for hydroxylation is 3. The first-order valence-electron chi connectivity index (χ1n) is 17.3. The second-order valence-electron chi connectivity index (χ2n) is 15.7. The standard InChI is InChI=1S/C40H54ClN3O3/c1-25(2)46-38(45)37(47-39(6,7)8)35-28(5)42-27(4)34(36(35)44-19-12-18-40(9,10)24-44)30-15-16-31-22-43(20-17-29(31)21-30)23-32-26(3)13-11-14-33(32)41/h11,13-16,21,25,37H,12,17-20,22-24H2,1-10H3/t37-/m0/s1. The normalized spacial score (nSPS) is 17.5. The van der Waals surface area contributed by atoms with Gasteiger partial charge in [0.2, 0.25) is 0 Å². The Morgan fingerprint density at radius 3 is 2.45 bits per heavy atom. The van der Waals surface area contributed by atoms with Crippen LogP contribution in [0.2, 0.25) is 5.02 Å². The Kier molecular flexibility index (Phi) is 10.5. The summed E-state index contributed by atoms with van der Waals surface area (Å²) in [5.41, 5.74) is 10.6. The van der Waals surface area contributed by atoms with Crippen molar-refractivity contribution in [3.05, 3.63) is 80.6 Å². The molecule has 5 rings (SSSR count). The van der Waals surface area contributed by atoms with Crippen molar-refractivity contribution in [2.75, 3.05) is 24.5 Å². The zero-order valence-corrected chi connectivity index (χ0v) is 31.0. The SMILES string of the molecule is Cc1cccc(Cl)c1CN1CCc2cc(-c3c(C)nc(C)c([C@H](OC(C)(C)C)C(=O)OC(C)C)c3N3CCCC(C)(C)C3)ccc2C1. The number of hydrogen-bond acceptors (Lipinski definition) is 6. The zero-order valence-electron chi connectivity index (χ0n) is 30.2. The van der Waals surface area contributed by atoms with Gasteiger partial charge < -0.3 is 14.4 Å². The minimum atomic E-state index is -0.899. The van der Waals surface area contributed by atoms with Crippen LogP contribution in [0.4, 0.5) is 5.69 Å². The maximum atomic E-state index is 13.9. The summed E-state index contributed by atoms with van der Waals surface area (Å²) in [6.07, 6.45) is 2.05. The number of aromatic nitrogens is 1. The third kappa shape index (κ3) is 8.21. The number of pyridine rings is 1. The van der Waals surface area contributed by atoms with Crippen molar-refractivity contribution in [2.24, 2.45) is 5.41 Å². The van der Waals surface area contributed by atoms with Crippen LogP contribution in [0.5, 0.6) is 0 Å². The van der Waals surface area contributed by atoms with Gasteiger partial charge in [-0.2, -0.15) is 0 Å². The van der Waals surface area contributed by atoms with Gasteiger partial charge in [-0.05, 0) is 114 Å². The molecule has 254 valence electrons. The summed E-state index contributed by atoms with van der Waals surface area (Å²) in [5.74, 6) is -0.369. The summed E-state index contributed by atoms with van der Waals surface area (Å²) in [5, 5.41) is 0.837. The molecule has 1 atom stereocenters. The molecule has 2 aliphatic rings. The van der Waals surface area contributed by atoms with E-state index in [9.17, 15) is 4.79 Å². The summed E-state index contributed by atoms with van der Waals surface area (Å²) in [7, 11) is 0. The lowest BCUT2D eigenvalue weighted by atomic mass is 9.82. The number of anilines is 1. The lowest BCUT2D eigenvalue weighted by molar-refractivity contribution is -0.171. The van der Waals surface area contributed by atoms with Crippen molar-refractivity contribution >= 4 is 23.3 Å². The Morgan fingerprint density at radius 1 is 1.04 bits per heavy atom. The van der Waals surface area contributed by atoms with Gasteiger partial charge in [-0.3, -0.25) is 9.88 Å². The molecule has 0 bridgehead atoms. The monoisotopic (exact) mass is 659 g/mol. The van der Waals surface area contributed by atoms with E-state index in [1.165, 1.54) is 22.3 Å². The third-order valence-electron chi connectivity index (χ3n) is 9.42. The number of fused-ring (bicyclic) bond motifs is 1. The average molecular weight is 660 g/mol. The highest BCUT2D eigenvalue weighted by Gasteiger charge is 2.38. The van der Waals surface area contributed by atoms with E-state index < -0.39 is 11.7 Å².